The second kappa shape index (κ2) is 12.6. The number of hydrogen-bond acceptors (Lipinski definition) is 1. The van der Waals surface area contributed by atoms with Crippen LogP contribution < -0.4 is 0 Å². The van der Waals surface area contributed by atoms with Crippen molar-refractivity contribution in [1.29, 1.82) is 0 Å². The second-order valence-electron chi connectivity index (χ2n) is 3.90. The number of rotatable bonds is 8. The first-order valence-electron chi connectivity index (χ1n) is 6.22. The van der Waals surface area contributed by atoms with E-state index in [9.17, 15) is 0 Å². The average molecular weight is 243 g/mol. The molecule has 0 radical (unpaired) electrons. The van der Waals surface area contributed by atoms with E-state index in [4.69, 9.17) is 16.7 Å². The van der Waals surface area contributed by atoms with Gasteiger partial charge in [-0.15, -0.1) is 11.6 Å². The number of hydrogen-bond donors (Lipinski definition) is 1. The molecule has 0 aliphatic carbocycles. The van der Waals surface area contributed by atoms with Crippen molar-refractivity contribution < 1.29 is 5.11 Å². The molecule has 0 saturated carbocycles. The lowest BCUT2D eigenvalue weighted by molar-refractivity contribution is 0.343. The molecule has 0 aromatic rings. The van der Waals surface area contributed by atoms with Crippen LogP contribution in [0.5, 0.6) is 0 Å². The first kappa shape index (κ1) is 15.6. The standard InChI is InChI=1S/C14H23ClO/c1-2-3-4-5-6-8-11-14(15)12-9-7-10-13-16/h7,10,14,16H,2-6,8,11,13H2,1H3/b10-7+. The number of unbranched alkanes of at least 4 members (excludes halogenated alkanes) is 5. The molecule has 1 atom stereocenters. The predicted octanol–water partition coefficient (Wildman–Crippen LogP) is 3.90. The summed E-state index contributed by atoms with van der Waals surface area (Å²) in [5.41, 5.74) is 0. The van der Waals surface area contributed by atoms with Gasteiger partial charge in [-0.3, -0.25) is 0 Å². The summed E-state index contributed by atoms with van der Waals surface area (Å²) in [5.74, 6) is 5.76. The van der Waals surface area contributed by atoms with Gasteiger partial charge in [0.2, 0.25) is 0 Å². The van der Waals surface area contributed by atoms with Crippen molar-refractivity contribution in [2.24, 2.45) is 0 Å². The van der Waals surface area contributed by atoms with E-state index in [1.54, 1.807) is 12.2 Å². The Morgan fingerprint density at radius 3 is 2.56 bits per heavy atom. The van der Waals surface area contributed by atoms with Crippen LogP contribution in [0, 0.1) is 11.8 Å². The maximum absolute atomic E-state index is 8.49. The van der Waals surface area contributed by atoms with Gasteiger partial charge in [-0.1, -0.05) is 63.4 Å². The monoisotopic (exact) mass is 242 g/mol. The zero-order valence-corrected chi connectivity index (χ0v) is 11.0. The Kier molecular flexibility index (Phi) is 12.3. The minimum Gasteiger partial charge on any atom is -0.392 e. The van der Waals surface area contributed by atoms with Gasteiger partial charge in [0, 0.05) is 0 Å². The third kappa shape index (κ3) is 11.6. The van der Waals surface area contributed by atoms with E-state index in [0.29, 0.717) is 0 Å². The fourth-order valence-electron chi connectivity index (χ4n) is 1.43. The molecule has 0 rings (SSSR count). The Labute approximate surface area is 105 Å². The van der Waals surface area contributed by atoms with Crippen molar-refractivity contribution in [3.05, 3.63) is 12.2 Å². The molecule has 1 nitrogen and oxygen atoms in total. The van der Waals surface area contributed by atoms with Crippen LogP contribution in [0.15, 0.2) is 12.2 Å². The molecule has 0 aliphatic heterocycles. The molecule has 0 aromatic carbocycles. The normalized spacial score (nSPS) is 12.4. The molecule has 0 amide bonds. The van der Waals surface area contributed by atoms with Crippen molar-refractivity contribution in [2.45, 2.75) is 57.2 Å². The second-order valence-corrected chi connectivity index (χ2v) is 4.42. The van der Waals surface area contributed by atoms with Crippen molar-refractivity contribution in [3.63, 3.8) is 0 Å². The first-order chi connectivity index (χ1) is 7.81. The smallest absolute Gasteiger partial charge is 0.0946 e. The van der Waals surface area contributed by atoms with Crippen molar-refractivity contribution >= 4 is 11.6 Å². The molecule has 16 heavy (non-hydrogen) atoms. The van der Waals surface area contributed by atoms with Crippen LogP contribution in [0.2, 0.25) is 0 Å². The van der Waals surface area contributed by atoms with Crippen molar-refractivity contribution in [3.8, 4) is 11.8 Å². The van der Waals surface area contributed by atoms with Gasteiger partial charge < -0.3 is 5.11 Å². The summed E-state index contributed by atoms with van der Waals surface area (Å²) in [7, 11) is 0. The lowest BCUT2D eigenvalue weighted by atomic mass is 10.1. The molecule has 0 aliphatic rings. The van der Waals surface area contributed by atoms with Gasteiger partial charge in [0.1, 0.15) is 0 Å². The molecular formula is C14H23ClO. The Bertz CT molecular complexity index is 225. The molecule has 0 bridgehead atoms. The number of aliphatic hydroxyl groups excluding tert-OH is 1. The first-order valence-corrected chi connectivity index (χ1v) is 6.66. The molecule has 0 saturated heterocycles. The molecule has 0 spiro atoms. The van der Waals surface area contributed by atoms with Crippen LogP contribution in [0.3, 0.4) is 0 Å². The highest BCUT2D eigenvalue weighted by molar-refractivity contribution is 6.22. The maximum atomic E-state index is 8.49. The van der Waals surface area contributed by atoms with Gasteiger partial charge in [0.25, 0.3) is 0 Å². The summed E-state index contributed by atoms with van der Waals surface area (Å²) in [6.07, 6.45) is 11.9. The number of alkyl halides is 1. The SMILES string of the molecule is CCCCCCCCC(Cl)C#C/C=C/CO. The predicted molar refractivity (Wildman–Crippen MR) is 71.6 cm³/mol. The van der Waals surface area contributed by atoms with Gasteiger partial charge in [0.05, 0.1) is 12.0 Å². The molecule has 0 aromatic heterocycles. The van der Waals surface area contributed by atoms with Crippen LogP contribution in [-0.4, -0.2) is 17.1 Å². The Morgan fingerprint density at radius 2 is 1.88 bits per heavy atom. The lowest BCUT2D eigenvalue weighted by Crippen LogP contribution is -1.93. The molecule has 0 heterocycles. The lowest BCUT2D eigenvalue weighted by Gasteiger charge is -2.01. The molecular weight excluding hydrogens is 220 g/mol. The fourth-order valence-corrected chi connectivity index (χ4v) is 1.64. The van der Waals surface area contributed by atoms with Gasteiger partial charge in [-0.05, 0) is 12.5 Å². The summed E-state index contributed by atoms with van der Waals surface area (Å²) in [6, 6.07) is 0. The van der Waals surface area contributed by atoms with Crippen LogP contribution in [-0.2, 0) is 0 Å². The topological polar surface area (TPSA) is 20.2 Å². The summed E-state index contributed by atoms with van der Waals surface area (Å²) in [5, 5.41) is 8.44. The van der Waals surface area contributed by atoms with E-state index in [1.807, 2.05) is 0 Å². The molecule has 0 fully saturated rings. The minimum atomic E-state index is -0.0467. The van der Waals surface area contributed by atoms with Gasteiger partial charge in [0.15, 0.2) is 0 Å². The van der Waals surface area contributed by atoms with Crippen molar-refractivity contribution in [2.75, 3.05) is 6.61 Å². The third-order valence-electron chi connectivity index (χ3n) is 2.36. The highest BCUT2D eigenvalue weighted by Gasteiger charge is 1.98. The van der Waals surface area contributed by atoms with E-state index in [2.05, 4.69) is 18.8 Å². The van der Waals surface area contributed by atoms with E-state index in [1.165, 1.54) is 32.1 Å². The molecule has 92 valence electrons. The summed E-state index contributed by atoms with van der Waals surface area (Å²) in [4.78, 5) is 0. The quantitative estimate of drug-likeness (QED) is 0.389. The van der Waals surface area contributed by atoms with Crippen LogP contribution in [0.25, 0.3) is 0 Å². The largest absolute Gasteiger partial charge is 0.392 e. The Morgan fingerprint density at radius 1 is 1.19 bits per heavy atom. The number of halogens is 1. The van der Waals surface area contributed by atoms with Crippen LogP contribution >= 0.6 is 11.6 Å². The fraction of sp³-hybridized carbons (Fsp3) is 0.714. The number of allylic oxidation sites excluding steroid dienone is 1. The van der Waals surface area contributed by atoms with E-state index in [0.717, 1.165) is 12.8 Å². The molecule has 2 heteroatoms. The van der Waals surface area contributed by atoms with Crippen molar-refractivity contribution in [1.82, 2.24) is 0 Å². The van der Waals surface area contributed by atoms with Gasteiger partial charge in [-0.2, -0.15) is 0 Å². The minimum absolute atomic E-state index is 0.0407. The van der Waals surface area contributed by atoms with E-state index >= 15 is 0 Å². The Balaban J connectivity index is 3.38. The highest BCUT2D eigenvalue weighted by Crippen LogP contribution is 2.11. The van der Waals surface area contributed by atoms with E-state index in [-0.39, 0.29) is 12.0 Å². The summed E-state index contributed by atoms with van der Waals surface area (Å²) >= 11 is 6.03. The third-order valence-corrected chi connectivity index (χ3v) is 2.68. The highest BCUT2D eigenvalue weighted by atomic mass is 35.5. The van der Waals surface area contributed by atoms with Gasteiger partial charge in [-0.25, -0.2) is 0 Å². The van der Waals surface area contributed by atoms with Gasteiger partial charge >= 0.3 is 0 Å². The summed E-state index contributed by atoms with van der Waals surface area (Å²) < 4.78 is 0. The summed E-state index contributed by atoms with van der Waals surface area (Å²) in [6.45, 7) is 2.27. The zero-order valence-electron chi connectivity index (χ0n) is 10.2. The Hall–Kier alpha value is -0.450. The molecule has 1 unspecified atom stereocenters. The number of aliphatic hydroxyl groups is 1. The zero-order chi connectivity index (χ0) is 12.1. The molecule has 1 N–H and O–H groups in total. The van der Waals surface area contributed by atoms with E-state index < -0.39 is 0 Å². The maximum Gasteiger partial charge on any atom is 0.0946 e. The van der Waals surface area contributed by atoms with Crippen LogP contribution in [0.1, 0.15) is 51.9 Å². The average Bonchev–Trinajstić information content (AvgIpc) is 2.29. The van der Waals surface area contributed by atoms with Crippen LogP contribution in [0.4, 0.5) is 0 Å².